The standard InChI is InChI=1S/C11H12ClNO/c1-3-8-4-5-11(14-2)9(6-8)10(12)7-13/h4-6,10H,3H2,1-2H3. The number of methoxy groups -OCH3 is 1. The van der Waals surface area contributed by atoms with Gasteiger partial charge in [-0.2, -0.15) is 5.26 Å². The van der Waals surface area contributed by atoms with Crippen LogP contribution < -0.4 is 4.74 Å². The Morgan fingerprint density at radius 2 is 2.29 bits per heavy atom. The highest BCUT2D eigenvalue weighted by Gasteiger charge is 2.12. The summed E-state index contributed by atoms with van der Waals surface area (Å²) >= 11 is 5.86. The van der Waals surface area contributed by atoms with Crippen LogP contribution in [0.3, 0.4) is 0 Å². The minimum absolute atomic E-state index is 0.642. The van der Waals surface area contributed by atoms with Crippen molar-refractivity contribution in [2.75, 3.05) is 7.11 Å². The van der Waals surface area contributed by atoms with Gasteiger partial charge in [-0.05, 0) is 24.1 Å². The lowest BCUT2D eigenvalue weighted by Crippen LogP contribution is -1.95. The van der Waals surface area contributed by atoms with E-state index in [4.69, 9.17) is 21.6 Å². The average molecular weight is 210 g/mol. The molecule has 0 aliphatic rings. The van der Waals surface area contributed by atoms with Crippen LogP contribution in [0, 0.1) is 11.3 Å². The third-order valence-corrected chi connectivity index (χ3v) is 2.42. The maximum absolute atomic E-state index is 8.73. The minimum atomic E-state index is -0.642. The first-order valence-electron chi connectivity index (χ1n) is 4.43. The summed E-state index contributed by atoms with van der Waals surface area (Å²) in [5, 5.41) is 8.09. The van der Waals surface area contributed by atoms with Gasteiger partial charge in [-0.3, -0.25) is 0 Å². The number of nitrogens with zero attached hydrogens (tertiary/aromatic N) is 1. The molecule has 0 heterocycles. The summed E-state index contributed by atoms with van der Waals surface area (Å²) in [6.45, 7) is 2.06. The molecule has 0 aromatic heterocycles. The second kappa shape index (κ2) is 4.88. The first kappa shape index (κ1) is 10.9. The van der Waals surface area contributed by atoms with Gasteiger partial charge in [-0.1, -0.05) is 13.0 Å². The first-order chi connectivity index (χ1) is 6.72. The molecule has 14 heavy (non-hydrogen) atoms. The van der Waals surface area contributed by atoms with E-state index < -0.39 is 5.38 Å². The van der Waals surface area contributed by atoms with Crippen LogP contribution in [0.2, 0.25) is 0 Å². The molecule has 0 saturated carbocycles. The van der Waals surface area contributed by atoms with Crippen molar-refractivity contribution in [1.82, 2.24) is 0 Å². The molecule has 2 nitrogen and oxygen atoms in total. The minimum Gasteiger partial charge on any atom is -0.496 e. The lowest BCUT2D eigenvalue weighted by atomic mass is 10.1. The van der Waals surface area contributed by atoms with E-state index in [-0.39, 0.29) is 0 Å². The van der Waals surface area contributed by atoms with Gasteiger partial charge in [0.15, 0.2) is 0 Å². The van der Waals surface area contributed by atoms with E-state index in [2.05, 4.69) is 6.92 Å². The van der Waals surface area contributed by atoms with Crippen LogP contribution in [0.15, 0.2) is 18.2 Å². The molecule has 1 unspecified atom stereocenters. The lowest BCUT2D eigenvalue weighted by Gasteiger charge is -2.10. The molecule has 1 aromatic carbocycles. The third-order valence-electron chi connectivity index (χ3n) is 2.09. The Bertz CT molecular complexity index is 357. The van der Waals surface area contributed by atoms with Crippen LogP contribution in [0.5, 0.6) is 5.75 Å². The summed E-state index contributed by atoms with van der Waals surface area (Å²) in [6, 6.07) is 7.73. The normalized spacial score (nSPS) is 11.9. The predicted molar refractivity (Wildman–Crippen MR) is 56.6 cm³/mol. The molecule has 0 amide bonds. The van der Waals surface area contributed by atoms with Gasteiger partial charge in [0.05, 0.1) is 13.2 Å². The van der Waals surface area contributed by atoms with Crippen molar-refractivity contribution in [2.45, 2.75) is 18.7 Å². The maximum Gasteiger partial charge on any atom is 0.149 e. The number of ether oxygens (including phenoxy) is 1. The van der Waals surface area contributed by atoms with E-state index in [9.17, 15) is 0 Å². The average Bonchev–Trinajstić information content (AvgIpc) is 2.27. The van der Waals surface area contributed by atoms with E-state index >= 15 is 0 Å². The van der Waals surface area contributed by atoms with Crippen LogP contribution in [0.1, 0.15) is 23.4 Å². The Balaban J connectivity index is 3.16. The van der Waals surface area contributed by atoms with Gasteiger partial charge in [0.1, 0.15) is 11.1 Å². The number of benzene rings is 1. The molecule has 0 fully saturated rings. The topological polar surface area (TPSA) is 33.0 Å². The molecule has 0 aliphatic heterocycles. The molecule has 1 rings (SSSR count). The van der Waals surface area contributed by atoms with Gasteiger partial charge >= 0.3 is 0 Å². The summed E-state index contributed by atoms with van der Waals surface area (Å²) in [5.74, 6) is 0.670. The molecular weight excluding hydrogens is 198 g/mol. The van der Waals surface area contributed by atoms with Crippen molar-refractivity contribution in [2.24, 2.45) is 0 Å². The summed E-state index contributed by atoms with van der Waals surface area (Å²) in [7, 11) is 1.57. The number of rotatable bonds is 3. The summed E-state index contributed by atoms with van der Waals surface area (Å²) in [5.41, 5.74) is 1.90. The Morgan fingerprint density at radius 3 is 2.79 bits per heavy atom. The Morgan fingerprint density at radius 1 is 1.57 bits per heavy atom. The molecule has 0 bridgehead atoms. The zero-order chi connectivity index (χ0) is 10.6. The Hall–Kier alpha value is -1.20. The number of halogens is 1. The zero-order valence-corrected chi connectivity index (χ0v) is 9.01. The fourth-order valence-corrected chi connectivity index (χ4v) is 1.44. The van der Waals surface area contributed by atoms with E-state index in [1.54, 1.807) is 7.11 Å². The number of aryl methyl sites for hydroxylation is 1. The quantitative estimate of drug-likeness (QED) is 0.717. The lowest BCUT2D eigenvalue weighted by molar-refractivity contribution is 0.410. The smallest absolute Gasteiger partial charge is 0.149 e. The molecule has 0 saturated heterocycles. The van der Waals surface area contributed by atoms with Crippen molar-refractivity contribution >= 4 is 11.6 Å². The van der Waals surface area contributed by atoms with Crippen molar-refractivity contribution in [3.8, 4) is 11.8 Å². The van der Waals surface area contributed by atoms with Crippen LogP contribution in [0.4, 0.5) is 0 Å². The predicted octanol–water partition coefficient (Wildman–Crippen LogP) is 3.06. The zero-order valence-electron chi connectivity index (χ0n) is 8.25. The van der Waals surface area contributed by atoms with E-state index in [0.717, 1.165) is 17.5 Å². The van der Waals surface area contributed by atoms with Crippen molar-refractivity contribution in [1.29, 1.82) is 5.26 Å². The van der Waals surface area contributed by atoms with Crippen molar-refractivity contribution < 1.29 is 4.74 Å². The highest BCUT2D eigenvalue weighted by Crippen LogP contribution is 2.30. The second-order valence-electron chi connectivity index (χ2n) is 2.92. The summed E-state index contributed by atoms with van der Waals surface area (Å²) in [6.07, 6.45) is 0.923. The largest absolute Gasteiger partial charge is 0.496 e. The highest BCUT2D eigenvalue weighted by molar-refractivity contribution is 6.22. The third kappa shape index (κ3) is 2.18. The number of hydrogen-bond donors (Lipinski definition) is 0. The van der Waals surface area contributed by atoms with Gasteiger partial charge in [-0.25, -0.2) is 0 Å². The fraction of sp³-hybridized carbons (Fsp3) is 0.364. The Kier molecular flexibility index (Phi) is 3.79. The second-order valence-corrected chi connectivity index (χ2v) is 3.36. The van der Waals surface area contributed by atoms with E-state index in [1.165, 1.54) is 0 Å². The van der Waals surface area contributed by atoms with Crippen molar-refractivity contribution in [3.63, 3.8) is 0 Å². The van der Waals surface area contributed by atoms with Gasteiger partial charge in [0, 0.05) is 5.56 Å². The summed E-state index contributed by atoms with van der Waals surface area (Å²) < 4.78 is 5.13. The maximum atomic E-state index is 8.73. The van der Waals surface area contributed by atoms with E-state index in [1.807, 2.05) is 24.3 Å². The fourth-order valence-electron chi connectivity index (χ4n) is 1.27. The highest BCUT2D eigenvalue weighted by atomic mass is 35.5. The number of alkyl halides is 1. The molecule has 0 N–H and O–H groups in total. The molecule has 0 aliphatic carbocycles. The van der Waals surface area contributed by atoms with Crippen molar-refractivity contribution in [3.05, 3.63) is 29.3 Å². The molecule has 0 radical (unpaired) electrons. The SMILES string of the molecule is CCc1ccc(OC)c(C(Cl)C#N)c1. The van der Waals surface area contributed by atoms with Crippen LogP contribution in [0.25, 0.3) is 0 Å². The van der Waals surface area contributed by atoms with Gasteiger partial charge in [0.25, 0.3) is 0 Å². The summed E-state index contributed by atoms with van der Waals surface area (Å²) in [4.78, 5) is 0. The molecule has 74 valence electrons. The monoisotopic (exact) mass is 209 g/mol. The van der Waals surface area contributed by atoms with Gasteiger partial charge in [-0.15, -0.1) is 11.6 Å². The molecule has 1 aromatic rings. The van der Waals surface area contributed by atoms with Crippen LogP contribution >= 0.6 is 11.6 Å². The molecular formula is C11H12ClNO. The van der Waals surface area contributed by atoms with Gasteiger partial charge < -0.3 is 4.74 Å². The Labute approximate surface area is 89.1 Å². The van der Waals surface area contributed by atoms with E-state index in [0.29, 0.717) is 5.75 Å². The first-order valence-corrected chi connectivity index (χ1v) is 4.87. The van der Waals surface area contributed by atoms with Crippen LogP contribution in [-0.2, 0) is 6.42 Å². The molecule has 1 atom stereocenters. The molecule has 0 spiro atoms. The molecule has 3 heteroatoms. The number of hydrogen-bond acceptors (Lipinski definition) is 2. The number of nitriles is 1. The van der Waals surface area contributed by atoms with Gasteiger partial charge in [0.2, 0.25) is 0 Å². The van der Waals surface area contributed by atoms with Crippen LogP contribution in [-0.4, -0.2) is 7.11 Å².